The van der Waals surface area contributed by atoms with E-state index in [0.29, 0.717) is 5.02 Å². The number of benzene rings is 1. The van der Waals surface area contributed by atoms with Crippen LogP contribution in [-0.2, 0) is 4.79 Å². The van der Waals surface area contributed by atoms with Gasteiger partial charge in [-0.3, -0.25) is 4.79 Å². The second-order valence-corrected chi connectivity index (χ2v) is 6.03. The van der Waals surface area contributed by atoms with Gasteiger partial charge in [0.15, 0.2) is 0 Å². The maximum Gasteiger partial charge on any atom is 0.227 e. The summed E-state index contributed by atoms with van der Waals surface area (Å²) in [5, 5.41) is 7.09. The smallest absolute Gasteiger partial charge is 0.227 e. The molecule has 2 rings (SSSR count). The Hall–Kier alpha value is -0.770. The van der Waals surface area contributed by atoms with Crippen LogP contribution in [0.3, 0.4) is 0 Å². The minimum absolute atomic E-state index is 0. The fraction of sp³-hybridized carbons (Fsp3) is 0.533. The average molecular weight is 317 g/mol. The predicted octanol–water partition coefficient (Wildman–Crippen LogP) is 3.33. The summed E-state index contributed by atoms with van der Waals surface area (Å²) in [4.78, 5) is 12.4. The molecule has 0 radical (unpaired) electrons. The second kappa shape index (κ2) is 7.30. The van der Waals surface area contributed by atoms with Crippen molar-refractivity contribution in [3.8, 4) is 0 Å². The lowest BCUT2D eigenvalue weighted by atomic mass is 9.81. The van der Waals surface area contributed by atoms with Gasteiger partial charge in [-0.2, -0.15) is 0 Å². The molecule has 112 valence electrons. The number of piperidine rings is 1. The van der Waals surface area contributed by atoms with Crippen LogP contribution in [-0.4, -0.2) is 19.0 Å². The van der Waals surface area contributed by atoms with Crippen LogP contribution in [0.5, 0.6) is 0 Å². The molecule has 1 amide bonds. The standard InChI is InChI=1S/C15H21ClN2O.ClH/c1-11(12-5-3-6-13(16)9-12)18-14(19)15(2)7-4-8-17-10-15;/h3,5-6,9,11,17H,4,7-8,10H2,1-2H3,(H,18,19);1H/t11-,15?;/m1./s1. The maximum atomic E-state index is 12.4. The van der Waals surface area contributed by atoms with Gasteiger partial charge in [-0.25, -0.2) is 0 Å². The van der Waals surface area contributed by atoms with E-state index in [0.717, 1.165) is 31.5 Å². The Morgan fingerprint density at radius 3 is 2.85 bits per heavy atom. The number of nitrogens with one attached hydrogen (secondary N) is 2. The van der Waals surface area contributed by atoms with Crippen molar-refractivity contribution in [1.29, 1.82) is 0 Å². The zero-order chi connectivity index (χ0) is 13.9. The summed E-state index contributed by atoms with van der Waals surface area (Å²) >= 11 is 5.98. The zero-order valence-corrected chi connectivity index (χ0v) is 13.5. The molecule has 3 nitrogen and oxygen atoms in total. The third kappa shape index (κ3) is 4.11. The zero-order valence-electron chi connectivity index (χ0n) is 11.9. The first-order valence-corrected chi connectivity index (χ1v) is 7.16. The first-order chi connectivity index (χ1) is 9.01. The summed E-state index contributed by atoms with van der Waals surface area (Å²) in [6, 6.07) is 7.60. The fourth-order valence-electron chi connectivity index (χ4n) is 2.48. The van der Waals surface area contributed by atoms with E-state index >= 15 is 0 Å². The van der Waals surface area contributed by atoms with E-state index in [1.807, 2.05) is 38.1 Å². The maximum absolute atomic E-state index is 12.4. The topological polar surface area (TPSA) is 41.1 Å². The van der Waals surface area contributed by atoms with Crippen LogP contribution in [0, 0.1) is 5.41 Å². The summed E-state index contributed by atoms with van der Waals surface area (Å²) < 4.78 is 0. The van der Waals surface area contributed by atoms with Gasteiger partial charge in [0.1, 0.15) is 0 Å². The fourth-order valence-corrected chi connectivity index (χ4v) is 2.68. The van der Waals surface area contributed by atoms with Crippen molar-refractivity contribution in [2.75, 3.05) is 13.1 Å². The molecule has 20 heavy (non-hydrogen) atoms. The van der Waals surface area contributed by atoms with Gasteiger partial charge < -0.3 is 10.6 Å². The van der Waals surface area contributed by atoms with Crippen LogP contribution in [0.2, 0.25) is 5.02 Å². The van der Waals surface area contributed by atoms with Gasteiger partial charge in [0.2, 0.25) is 5.91 Å². The number of carbonyl (C=O) groups is 1. The summed E-state index contributed by atoms with van der Waals surface area (Å²) in [6.45, 7) is 5.77. The number of halogens is 2. The van der Waals surface area contributed by atoms with Crippen LogP contribution in [0.4, 0.5) is 0 Å². The quantitative estimate of drug-likeness (QED) is 0.898. The Balaban J connectivity index is 0.00000200. The molecule has 1 aromatic carbocycles. The van der Waals surface area contributed by atoms with Crippen molar-refractivity contribution in [1.82, 2.24) is 10.6 Å². The molecule has 0 saturated carbocycles. The normalized spacial score (nSPS) is 23.6. The molecule has 1 heterocycles. The van der Waals surface area contributed by atoms with Crippen LogP contribution in [0.15, 0.2) is 24.3 Å². The van der Waals surface area contributed by atoms with E-state index in [9.17, 15) is 4.79 Å². The summed E-state index contributed by atoms with van der Waals surface area (Å²) in [6.07, 6.45) is 1.99. The molecule has 1 fully saturated rings. The molecule has 1 aliphatic rings. The van der Waals surface area contributed by atoms with Gasteiger partial charge in [0.05, 0.1) is 11.5 Å². The predicted molar refractivity (Wildman–Crippen MR) is 85.5 cm³/mol. The molecular formula is C15H22Cl2N2O. The Morgan fingerprint density at radius 1 is 1.50 bits per heavy atom. The van der Waals surface area contributed by atoms with Crippen molar-refractivity contribution in [3.63, 3.8) is 0 Å². The lowest BCUT2D eigenvalue weighted by Crippen LogP contribution is -2.49. The second-order valence-electron chi connectivity index (χ2n) is 5.59. The Kier molecular flexibility index (Phi) is 6.31. The minimum Gasteiger partial charge on any atom is -0.349 e. The van der Waals surface area contributed by atoms with E-state index in [1.54, 1.807) is 0 Å². The van der Waals surface area contributed by atoms with Gasteiger partial charge in [0.25, 0.3) is 0 Å². The molecule has 2 N–H and O–H groups in total. The lowest BCUT2D eigenvalue weighted by Gasteiger charge is -2.33. The van der Waals surface area contributed by atoms with Crippen LogP contribution in [0.1, 0.15) is 38.3 Å². The number of hydrogen-bond donors (Lipinski definition) is 2. The highest BCUT2D eigenvalue weighted by atomic mass is 35.5. The summed E-state index contributed by atoms with van der Waals surface area (Å²) in [5.74, 6) is 0.118. The van der Waals surface area contributed by atoms with Gasteiger partial charge in [-0.15, -0.1) is 12.4 Å². The van der Waals surface area contributed by atoms with Crippen molar-refractivity contribution in [2.45, 2.75) is 32.7 Å². The van der Waals surface area contributed by atoms with Crippen LogP contribution < -0.4 is 10.6 Å². The van der Waals surface area contributed by atoms with Crippen LogP contribution >= 0.6 is 24.0 Å². The monoisotopic (exact) mass is 316 g/mol. The molecule has 1 saturated heterocycles. The third-order valence-electron chi connectivity index (χ3n) is 3.84. The first-order valence-electron chi connectivity index (χ1n) is 6.78. The van der Waals surface area contributed by atoms with Crippen molar-refractivity contribution in [2.24, 2.45) is 5.41 Å². The third-order valence-corrected chi connectivity index (χ3v) is 4.08. The van der Waals surface area contributed by atoms with E-state index < -0.39 is 0 Å². The van der Waals surface area contributed by atoms with E-state index in [4.69, 9.17) is 11.6 Å². The van der Waals surface area contributed by atoms with Gasteiger partial charge in [0, 0.05) is 11.6 Å². The molecule has 5 heteroatoms. The number of amides is 1. The highest BCUT2D eigenvalue weighted by Gasteiger charge is 2.35. The van der Waals surface area contributed by atoms with Crippen molar-refractivity contribution < 1.29 is 4.79 Å². The van der Waals surface area contributed by atoms with Crippen molar-refractivity contribution in [3.05, 3.63) is 34.9 Å². The van der Waals surface area contributed by atoms with Crippen molar-refractivity contribution >= 4 is 29.9 Å². The number of rotatable bonds is 3. The minimum atomic E-state index is -0.301. The van der Waals surface area contributed by atoms with E-state index in [-0.39, 0.29) is 29.8 Å². The summed E-state index contributed by atoms with van der Waals surface area (Å²) in [7, 11) is 0. The molecule has 0 aromatic heterocycles. The van der Waals surface area contributed by atoms with Gasteiger partial charge in [-0.05, 0) is 50.9 Å². The summed E-state index contributed by atoms with van der Waals surface area (Å²) in [5.41, 5.74) is 0.735. The highest BCUT2D eigenvalue weighted by Crippen LogP contribution is 2.27. The molecule has 2 atom stereocenters. The van der Waals surface area contributed by atoms with Gasteiger partial charge >= 0.3 is 0 Å². The molecule has 0 spiro atoms. The SMILES string of the molecule is C[C@@H](NC(=O)C1(C)CCCNC1)c1cccc(Cl)c1.Cl. The number of hydrogen-bond acceptors (Lipinski definition) is 2. The molecule has 1 aromatic rings. The Morgan fingerprint density at radius 2 is 2.25 bits per heavy atom. The Bertz CT molecular complexity index is 459. The average Bonchev–Trinajstić information content (AvgIpc) is 2.39. The first kappa shape index (κ1) is 17.3. The largest absolute Gasteiger partial charge is 0.349 e. The highest BCUT2D eigenvalue weighted by molar-refractivity contribution is 6.30. The van der Waals surface area contributed by atoms with Gasteiger partial charge in [-0.1, -0.05) is 23.7 Å². The van der Waals surface area contributed by atoms with E-state index in [1.165, 1.54) is 0 Å². The molecule has 1 unspecified atom stereocenters. The molecule has 0 aliphatic carbocycles. The molecule has 0 bridgehead atoms. The van der Waals surface area contributed by atoms with E-state index in [2.05, 4.69) is 10.6 Å². The Labute approximate surface area is 131 Å². The number of carbonyl (C=O) groups excluding carboxylic acids is 1. The molecular weight excluding hydrogens is 295 g/mol. The van der Waals surface area contributed by atoms with Crippen LogP contribution in [0.25, 0.3) is 0 Å². The molecule has 1 aliphatic heterocycles. The lowest BCUT2D eigenvalue weighted by molar-refractivity contribution is -0.131.